The predicted octanol–water partition coefficient (Wildman–Crippen LogP) is -0.407. The first-order valence-electron chi connectivity index (χ1n) is 5.14. The number of rotatable bonds is 1. The highest BCUT2D eigenvalue weighted by Gasteiger charge is 2.26. The normalized spacial score (nSPS) is 24.5. The monoisotopic (exact) mass is 237 g/mol. The van der Waals surface area contributed by atoms with Crippen LogP contribution in [0.2, 0.25) is 0 Å². The van der Waals surface area contributed by atoms with E-state index in [0.29, 0.717) is 12.3 Å². The van der Waals surface area contributed by atoms with Crippen LogP contribution in [-0.4, -0.2) is 32.4 Å². The van der Waals surface area contributed by atoms with E-state index in [4.69, 9.17) is 15.2 Å². The fourth-order valence-corrected chi connectivity index (χ4v) is 1.82. The molecule has 90 valence electrons. The molecule has 2 atom stereocenters. The predicted molar refractivity (Wildman–Crippen MR) is 58.1 cm³/mol. The van der Waals surface area contributed by atoms with E-state index >= 15 is 0 Å². The van der Waals surface area contributed by atoms with E-state index in [1.165, 1.54) is 6.33 Å². The molecule has 2 aromatic rings. The van der Waals surface area contributed by atoms with Crippen molar-refractivity contribution in [2.24, 2.45) is 0 Å². The Labute approximate surface area is 95.4 Å². The second-order valence-electron chi connectivity index (χ2n) is 3.77. The molecule has 0 bridgehead atoms. The van der Waals surface area contributed by atoms with E-state index in [0.717, 1.165) is 0 Å². The molecule has 3 N–H and O–H groups in total. The standard InChI is InChI=1S/C9H11N5O3/c1-4-16-2-5(17-4)14-3-11-6-7(14)12-9(10)13-8(6)15/h3-5H,2H2,1H3,(H3,10,12,13,15). The molecule has 3 rings (SSSR count). The van der Waals surface area contributed by atoms with Crippen LogP contribution in [0.15, 0.2) is 11.1 Å². The zero-order valence-electron chi connectivity index (χ0n) is 9.08. The minimum absolute atomic E-state index is 0.0520. The molecule has 0 saturated carbocycles. The fraction of sp³-hybridized carbons (Fsp3) is 0.444. The summed E-state index contributed by atoms with van der Waals surface area (Å²) < 4.78 is 12.4. The molecule has 2 aromatic heterocycles. The molecule has 8 heteroatoms. The van der Waals surface area contributed by atoms with Gasteiger partial charge in [0, 0.05) is 0 Å². The summed E-state index contributed by atoms with van der Waals surface area (Å²) in [6.07, 6.45) is 0.888. The summed E-state index contributed by atoms with van der Waals surface area (Å²) in [5.74, 6) is 0.0520. The lowest BCUT2D eigenvalue weighted by molar-refractivity contribution is -0.0561. The first kappa shape index (κ1) is 10.2. The number of aromatic nitrogens is 4. The summed E-state index contributed by atoms with van der Waals surface area (Å²) in [6.45, 7) is 2.19. The van der Waals surface area contributed by atoms with Crippen LogP contribution >= 0.6 is 0 Å². The maximum atomic E-state index is 11.6. The topological polar surface area (TPSA) is 108 Å². The molecule has 0 spiro atoms. The Kier molecular flexibility index (Phi) is 2.13. The van der Waals surface area contributed by atoms with Crippen LogP contribution in [0.4, 0.5) is 5.95 Å². The lowest BCUT2D eigenvalue weighted by Crippen LogP contribution is -2.15. The number of aromatic amines is 1. The summed E-state index contributed by atoms with van der Waals surface area (Å²) in [4.78, 5) is 22.0. The third kappa shape index (κ3) is 1.58. The number of ether oxygens (including phenoxy) is 2. The van der Waals surface area contributed by atoms with Gasteiger partial charge in [-0.3, -0.25) is 14.3 Å². The highest BCUT2D eigenvalue weighted by atomic mass is 16.7. The molecule has 1 aliphatic rings. The third-order valence-electron chi connectivity index (χ3n) is 2.58. The maximum Gasteiger partial charge on any atom is 0.280 e. The highest BCUT2D eigenvalue weighted by molar-refractivity contribution is 5.70. The van der Waals surface area contributed by atoms with Crippen molar-refractivity contribution >= 4 is 17.1 Å². The Morgan fingerprint density at radius 2 is 2.47 bits per heavy atom. The molecular formula is C9H11N5O3. The highest BCUT2D eigenvalue weighted by Crippen LogP contribution is 2.23. The van der Waals surface area contributed by atoms with Gasteiger partial charge in [0.2, 0.25) is 5.95 Å². The Hall–Kier alpha value is -1.93. The molecule has 1 aliphatic heterocycles. The number of H-pyrrole nitrogens is 1. The first-order chi connectivity index (χ1) is 8.15. The van der Waals surface area contributed by atoms with Gasteiger partial charge < -0.3 is 15.2 Å². The van der Waals surface area contributed by atoms with Gasteiger partial charge in [0.25, 0.3) is 5.56 Å². The second kappa shape index (κ2) is 3.54. The van der Waals surface area contributed by atoms with E-state index in [-0.39, 0.29) is 29.5 Å². The van der Waals surface area contributed by atoms with Gasteiger partial charge in [-0.25, -0.2) is 4.98 Å². The summed E-state index contributed by atoms with van der Waals surface area (Å²) in [7, 11) is 0. The number of nitrogen functional groups attached to an aromatic ring is 1. The van der Waals surface area contributed by atoms with E-state index in [9.17, 15) is 4.79 Å². The quantitative estimate of drug-likeness (QED) is 0.698. The molecular weight excluding hydrogens is 226 g/mol. The van der Waals surface area contributed by atoms with Crippen molar-refractivity contribution in [3.63, 3.8) is 0 Å². The van der Waals surface area contributed by atoms with Gasteiger partial charge >= 0.3 is 0 Å². The molecule has 8 nitrogen and oxygen atoms in total. The Morgan fingerprint density at radius 1 is 1.65 bits per heavy atom. The van der Waals surface area contributed by atoms with Crippen LogP contribution in [0.5, 0.6) is 0 Å². The summed E-state index contributed by atoms with van der Waals surface area (Å²) in [5, 5.41) is 0. The van der Waals surface area contributed by atoms with E-state index < -0.39 is 0 Å². The number of nitrogens with zero attached hydrogens (tertiary/aromatic N) is 3. The Bertz CT molecular complexity index is 619. The van der Waals surface area contributed by atoms with Crippen LogP contribution in [-0.2, 0) is 9.47 Å². The number of anilines is 1. The number of fused-ring (bicyclic) bond motifs is 1. The van der Waals surface area contributed by atoms with Crippen LogP contribution in [0.1, 0.15) is 13.2 Å². The van der Waals surface area contributed by atoms with Gasteiger partial charge in [-0.15, -0.1) is 0 Å². The third-order valence-corrected chi connectivity index (χ3v) is 2.58. The number of nitrogens with two attached hydrogens (primary N) is 1. The molecule has 2 unspecified atom stereocenters. The average molecular weight is 237 g/mol. The van der Waals surface area contributed by atoms with Crippen molar-refractivity contribution in [1.29, 1.82) is 0 Å². The van der Waals surface area contributed by atoms with Gasteiger partial charge in [0.1, 0.15) is 0 Å². The molecule has 0 radical (unpaired) electrons. The molecule has 17 heavy (non-hydrogen) atoms. The van der Waals surface area contributed by atoms with Crippen molar-refractivity contribution in [1.82, 2.24) is 19.5 Å². The van der Waals surface area contributed by atoms with E-state index in [1.54, 1.807) is 11.5 Å². The molecule has 3 heterocycles. The van der Waals surface area contributed by atoms with E-state index in [2.05, 4.69) is 15.0 Å². The zero-order chi connectivity index (χ0) is 12.0. The smallest absolute Gasteiger partial charge is 0.280 e. The van der Waals surface area contributed by atoms with Gasteiger partial charge in [0.05, 0.1) is 12.9 Å². The van der Waals surface area contributed by atoms with Crippen LogP contribution in [0.3, 0.4) is 0 Å². The summed E-state index contributed by atoms with van der Waals surface area (Å²) >= 11 is 0. The van der Waals surface area contributed by atoms with E-state index in [1.807, 2.05) is 0 Å². The van der Waals surface area contributed by atoms with Crippen LogP contribution in [0.25, 0.3) is 11.2 Å². The number of nitrogens with one attached hydrogen (secondary N) is 1. The first-order valence-corrected chi connectivity index (χ1v) is 5.14. The fourth-order valence-electron chi connectivity index (χ4n) is 1.82. The minimum Gasteiger partial charge on any atom is -0.369 e. The number of hydrogen-bond acceptors (Lipinski definition) is 6. The van der Waals surface area contributed by atoms with Gasteiger partial charge in [-0.2, -0.15) is 4.98 Å². The van der Waals surface area contributed by atoms with Crippen LogP contribution < -0.4 is 11.3 Å². The van der Waals surface area contributed by atoms with Crippen molar-refractivity contribution in [2.75, 3.05) is 12.3 Å². The number of hydrogen-bond donors (Lipinski definition) is 2. The molecule has 1 fully saturated rings. The minimum atomic E-state index is -0.363. The van der Waals surface area contributed by atoms with Crippen LogP contribution in [0, 0.1) is 0 Å². The van der Waals surface area contributed by atoms with Gasteiger partial charge in [-0.05, 0) is 6.92 Å². The zero-order valence-corrected chi connectivity index (χ0v) is 9.08. The SMILES string of the molecule is CC1OCC(n2cnc3c(=O)[nH]c(N)nc32)O1. The Morgan fingerprint density at radius 3 is 3.18 bits per heavy atom. The van der Waals surface area contributed by atoms with Crippen molar-refractivity contribution in [3.05, 3.63) is 16.7 Å². The van der Waals surface area contributed by atoms with Gasteiger partial charge in [0.15, 0.2) is 23.7 Å². The summed E-state index contributed by atoms with van der Waals surface area (Å²) in [6, 6.07) is 0. The second-order valence-corrected chi connectivity index (χ2v) is 3.77. The molecule has 0 aliphatic carbocycles. The van der Waals surface area contributed by atoms with Crippen molar-refractivity contribution < 1.29 is 9.47 Å². The van der Waals surface area contributed by atoms with Crippen molar-refractivity contribution in [2.45, 2.75) is 19.4 Å². The lowest BCUT2D eigenvalue weighted by atomic mass is 10.5. The van der Waals surface area contributed by atoms with Crippen molar-refractivity contribution in [3.8, 4) is 0 Å². The molecule has 1 saturated heterocycles. The molecule has 0 amide bonds. The maximum absolute atomic E-state index is 11.6. The average Bonchev–Trinajstić information content (AvgIpc) is 2.83. The van der Waals surface area contributed by atoms with Gasteiger partial charge in [-0.1, -0.05) is 0 Å². The lowest BCUT2D eigenvalue weighted by Gasteiger charge is -2.10. The Balaban J connectivity index is 2.15. The molecule has 0 aromatic carbocycles. The number of imidazole rings is 1. The largest absolute Gasteiger partial charge is 0.369 e. The summed E-state index contributed by atoms with van der Waals surface area (Å²) in [5.41, 5.74) is 5.77.